The summed E-state index contributed by atoms with van der Waals surface area (Å²) < 4.78 is 3.76. The van der Waals surface area contributed by atoms with Crippen LogP contribution in [0.25, 0.3) is 11.5 Å². The number of amides is 1. The Bertz CT molecular complexity index is 1180. The maximum Gasteiger partial charge on any atom is 0.251 e. The molecule has 0 spiro atoms. The fraction of sp³-hybridized carbons (Fsp3) is 0.238. The molecule has 31 heavy (non-hydrogen) atoms. The molecule has 1 atom stereocenters. The molecule has 0 saturated carbocycles. The Morgan fingerprint density at radius 1 is 1.13 bits per heavy atom. The van der Waals surface area contributed by atoms with E-state index in [4.69, 9.17) is 0 Å². The van der Waals surface area contributed by atoms with Gasteiger partial charge in [0, 0.05) is 43.9 Å². The number of anilines is 1. The van der Waals surface area contributed by atoms with E-state index >= 15 is 0 Å². The van der Waals surface area contributed by atoms with Gasteiger partial charge in [-0.25, -0.2) is 15.0 Å². The first-order valence-corrected chi connectivity index (χ1v) is 9.79. The Kier molecular flexibility index (Phi) is 5.69. The lowest BCUT2D eigenvalue weighted by molar-refractivity contribution is 0.0938. The molecule has 3 aromatic heterocycles. The van der Waals surface area contributed by atoms with Crippen molar-refractivity contribution in [3.8, 4) is 11.5 Å². The van der Waals surface area contributed by atoms with Crippen LogP contribution in [0.4, 0.5) is 5.69 Å². The Morgan fingerprint density at radius 2 is 2.00 bits per heavy atom. The van der Waals surface area contributed by atoms with Crippen molar-refractivity contribution in [1.29, 1.82) is 0 Å². The van der Waals surface area contributed by atoms with Crippen LogP contribution in [-0.4, -0.2) is 40.2 Å². The number of nitrogens with one attached hydrogen (secondary N) is 2. The molecule has 1 amide bonds. The topological polar surface area (TPSA) is 115 Å². The second kappa shape index (κ2) is 8.74. The highest BCUT2D eigenvalue weighted by atomic mass is 16.1. The first-order chi connectivity index (χ1) is 15.0. The van der Waals surface area contributed by atoms with Gasteiger partial charge < -0.3 is 19.8 Å². The van der Waals surface area contributed by atoms with Crippen LogP contribution in [0, 0.1) is 0 Å². The highest BCUT2D eigenvalue weighted by Gasteiger charge is 2.15. The largest absolute Gasteiger partial charge is 0.378 e. The van der Waals surface area contributed by atoms with Gasteiger partial charge in [-0.2, -0.15) is 0 Å². The van der Waals surface area contributed by atoms with E-state index in [-0.39, 0.29) is 11.9 Å². The number of carbonyl (C=O) groups excluding carboxylic acids is 1. The predicted octanol–water partition coefficient (Wildman–Crippen LogP) is 2.11. The Labute approximate surface area is 179 Å². The number of nitrogens with zero attached hydrogens (tertiary/aromatic N) is 7. The summed E-state index contributed by atoms with van der Waals surface area (Å²) in [7, 11) is 3.79. The van der Waals surface area contributed by atoms with E-state index in [0.29, 0.717) is 23.6 Å². The number of benzene rings is 1. The number of carbonyl (C=O) groups is 1. The quantitative estimate of drug-likeness (QED) is 0.473. The highest BCUT2D eigenvalue weighted by molar-refractivity contribution is 5.95. The number of aryl methyl sites for hydroxylation is 1. The summed E-state index contributed by atoms with van der Waals surface area (Å²) in [5.74, 6) is 2.04. The number of imidazole rings is 1. The van der Waals surface area contributed by atoms with E-state index < -0.39 is 0 Å². The minimum absolute atomic E-state index is 0.163. The molecule has 0 aliphatic heterocycles. The molecule has 0 saturated heterocycles. The van der Waals surface area contributed by atoms with Gasteiger partial charge in [-0.1, -0.05) is 6.07 Å². The molecule has 4 rings (SSSR count). The SMILES string of the molecule is CC(NC(=O)c1cccc(NCc2nnc(-c3ccncn3)n2C)c1)c1nccn1C. The monoisotopic (exact) mass is 417 g/mol. The number of aromatic nitrogens is 7. The van der Waals surface area contributed by atoms with Crippen LogP contribution in [0.2, 0.25) is 0 Å². The normalized spacial score (nSPS) is 11.8. The van der Waals surface area contributed by atoms with Crippen LogP contribution in [-0.2, 0) is 20.6 Å². The van der Waals surface area contributed by atoms with Crippen molar-refractivity contribution in [3.63, 3.8) is 0 Å². The lowest BCUT2D eigenvalue weighted by atomic mass is 10.1. The minimum Gasteiger partial charge on any atom is -0.378 e. The highest BCUT2D eigenvalue weighted by Crippen LogP contribution is 2.16. The molecule has 0 bridgehead atoms. The van der Waals surface area contributed by atoms with Crippen molar-refractivity contribution in [2.24, 2.45) is 14.1 Å². The fourth-order valence-electron chi connectivity index (χ4n) is 3.25. The van der Waals surface area contributed by atoms with Crippen LogP contribution in [0.3, 0.4) is 0 Å². The van der Waals surface area contributed by atoms with E-state index in [1.54, 1.807) is 24.5 Å². The molecule has 0 radical (unpaired) electrons. The van der Waals surface area contributed by atoms with Crippen molar-refractivity contribution < 1.29 is 4.79 Å². The first-order valence-electron chi connectivity index (χ1n) is 9.79. The maximum absolute atomic E-state index is 12.7. The zero-order chi connectivity index (χ0) is 21.8. The summed E-state index contributed by atoms with van der Waals surface area (Å²) in [5.41, 5.74) is 2.08. The van der Waals surface area contributed by atoms with Gasteiger partial charge >= 0.3 is 0 Å². The van der Waals surface area contributed by atoms with Gasteiger partial charge in [0.05, 0.1) is 12.6 Å². The molecule has 1 aromatic carbocycles. The van der Waals surface area contributed by atoms with Gasteiger partial charge in [-0.05, 0) is 31.2 Å². The van der Waals surface area contributed by atoms with Crippen molar-refractivity contribution in [1.82, 2.24) is 39.6 Å². The molecule has 10 nitrogen and oxygen atoms in total. The summed E-state index contributed by atoms with van der Waals surface area (Å²) in [5, 5.41) is 14.7. The van der Waals surface area contributed by atoms with Crippen LogP contribution >= 0.6 is 0 Å². The third-order valence-electron chi connectivity index (χ3n) is 4.94. The second-order valence-electron chi connectivity index (χ2n) is 7.12. The third kappa shape index (κ3) is 4.42. The predicted molar refractivity (Wildman–Crippen MR) is 115 cm³/mol. The molecular formula is C21H23N9O. The maximum atomic E-state index is 12.7. The molecule has 2 N–H and O–H groups in total. The van der Waals surface area contributed by atoms with Crippen molar-refractivity contribution >= 4 is 11.6 Å². The van der Waals surface area contributed by atoms with E-state index in [1.807, 2.05) is 54.5 Å². The summed E-state index contributed by atoms with van der Waals surface area (Å²) in [6.45, 7) is 2.36. The van der Waals surface area contributed by atoms with Gasteiger partial charge in [0.1, 0.15) is 17.8 Å². The van der Waals surface area contributed by atoms with Crippen molar-refractivity contribution in [3.05, 3.63) is 72.5 Å². The zero-order valence-electron chi connectivity index (χ0n) is 17.5. The lowest BCUT2D eigenvalue weighted by Gasteiger charge is -2.14. The van der Waals surface area contributed by atoms with E-state index in [9.17, 15) is 4.79 Å². The van der Waals surface area contributed by atoms with Gasteiger partial charge in [-0.3, -0.25) is 4.79 Å². The minimum atomic E-state index is -0.206. The van der Waals surface area contributed by atoms with E-state index in [2.05, 4.69) is 35.8 Å². The molecule has 0 aliphatic rings. The van der Waals surface area contributed by atoms with Crippen LogP contribution in [0.5, 0.6) is 0 Å². The smallest absolute Gasteiger partial charge is 0.251 e. The molecular weight excluding hydrogens is 394 g/mol. The number of hydrogen-bond donors (Lipinski definition) is 2. The van der Waals surface area contributed by atoms with E-state index in [0.717, 1.165) is 17.3 Å². The molecule has 3 heterocycles. The third-order valence-corrected chi connectivity index (χ3v) is 4.94. The molecule has 10 heteroatoms. The summed E-state index contributed by atoms with van der Waals surface area (Å²) in [4.78, 5) is 25.1. The molecule has 1 unspecified atom stereocenters. The molecule has 158 valence electrons. The first kappa shape index (κ1) is 20.2. The van der Waals surface area contributed by atoms with Gasteiger partial charge in [0.25, 0.3) is 5.91 Å². The zero-order valence-corrected chi connectivity index (χ0v) is 17.5. The Balaban J connectivity index is 1.42. The average Bonchev–Trinajstić information content (AvgIpc) is 3.38. The summed E-state index contributed by atoms with van der Waals surface area (Å²) >= 11 is 0. The number of rotatable bonds is 7. The van der Waals surface area contributed by atoms with Gasteiger partial charge in [-0.15, -0.1) is 10.2 Å². The second-order valence-corrected chi connectivity index (χ2v) is 7.12. The van der Waals surface area contributed by atoms with Crippen molar-refractivity contribution in [2.45, 2.75) is 19.5 Å². The summed E-state index contributed by atoms with van der Waals surface area (Å²) in [6, 6.07) is 8.91. The van der Waals surface area contributed by atoms with Crippen LogP contribution in [0.15, 0.2) is 55.2 Å². The van der Waals surface area contributed by atoms with Crippen LogP contribution < -0.4 is 10.6 Å². The average molecular weight is 417 g/mol. The standard InChI is InChI=1S/C21H23N9O/c1-14(19-23-9-10-29(19)2)26-21(31)15-5-4-6-16(11-15)24-12-18-27-28-20(30(18)3)17-7-8-22-13-25-17/h4-11,13-14,24H,12H2,1-3H3,(H,26,31). The molecule has 0 fully saturated rings. The van der Waals surface area contributed by atoms with Gasteiger partial charge in [0.2, 0.25) is 0 Å². The van der Waals surface area contributed by atoms with Crippen LogP contribution in [0.1, 0.15) is 35.0 Å². The molecule has 0 aliphatic carbocycles. The van der Waals surface area contributed by atoms with E-state index in [1.165, 1.54) is 6.33 Å². The lowest BCUT2D eigenvalue weighted by Crippen LogP contribution is -2.28. The van der Waals surface area contributed by atoms with Crippen molar-refractivity contribution in [2.75, 3.05) is 5.32 Å². The fourth-order valence-corrected chi connectivity index (χ4v) is 3.25. The summed E-state index contributed by atoms with van der Waals surface area (Å²) in [6.07, 6.45) is 6.71. The Hall–Kier alpha value is -4.08. The number of hydrogen-bond acceptors (Lipinski definition) is 7. The van der Waals surface area contributed by atoms with Gasteiger partial charge in [0.15, 0.2) is 11.6 Å². The molecule has 4 aromatic rings. The Morgan fingerprint density at radius 3 is 2.74 bits per heavy atom.